The summed E-state index contributed by atoms with van der Waals surface area (Å²) in [5.41, 5.74) is 1.41. The van der Waals surface area contributed by atoms with Gasteiger partial charge in [0.25, 0.3) is 0 Å². The van der Waals surface area contributed by atoms with E-state index >= 15 is 0 Å². The van der Waals surface area contributed by atoms with Gasteiger partial charge in [-0.15, -0.1) is 0 Å². The summed E-state index contributed by atoms with van der Waals surface area (Å²) >= 11 is 0. The first-order chi connectivity index (χ1) is 5.74. The summed E-state index contributed by atoms with van der Waals surface area (Å²) < 4.78 is 13.0. The van der Waals surface area contributed by atoms with Gasteiger partial charge in [-0.05, 0) is 18.6 Å². The Morgan fingerprint density at radius 1 is 1.50 bits per heavy atom. The van der Waals surface area contributed by atoms with Crippen molar-refractivity contribution in [2.75, 3.05) is 6.61 Å². The Hall–Kier alpha value is -1.15. The Labute approximate surface area is 71.2 Å². The van der Waals surface area contributed by atoms with Gasteiger partial charge >= 0.3 is 0 Å². The van der Waals surface area contributed by atoms with E-state index in [0.29, 0.717) is 5.56 Å². The molecular weight excluding hydrogens is 155 g/mol. The molecule has 0 spiro atoms. The van der Waals surface area contributed by atoms with Crippen LogP contribution in [0.25, 0.3) is 6.08 Å². The molecule has 2 heteroatoms. The molecule has 12 heavy (non-hydrogen) atoms. The lowest BCUT2D eigenvalue weighted by Gasteiger charge is -1.97. The molecular formula is C10H11FO. The average molecular weight is 166 g/mol. The molecule has 0 aromatic heterocycles. The van der Waals surface area contributed by atoms with Crippen LogP contribution in [0.4, 0.5) is 4.39 Å². The zero-order chi connectivity index (χ0) is 8.97. The molecule has 0 atom stereocenters. The number of aliphatic hydroxyl groups excluding tert-OH is 1. The predicted molar refractivity (Wildman–Crippen MR) is 47.3 cm³/mol. The normalized spacial score (nSPS) is 10.9. The minimum absolute atomic E-state index is 0.0622. The topological polar surface area (TPSA) is 20.2 Å². The van der Waals surface area contributed by atoms with Gasteiger partial charge in [-0.25, -0.2) is 4.39 Å². The van der Waals surface area contributed by atoms with E-state index in [0.717, 1.165) is 5.56 Å². The molecule has 64 valence electrons. The molecule has 1 N–H and O–H groups in total. The van der Waals surface area contributed by atoms with Gasteiger partial charge in [0.05, 0.1) is 6.61 Å². The van der Waals surface area contributed by atoms with Crippen molar-refractivity contribution in [3.05, 3.63) is 41.2 Å². The fraction of sp³-hybridized carbons (Fsp3) is 0.200. The van der Waals surface area contributed by atoms with Crippen molar-refractivity contribution in [1.29, 1.82) is 0 Å². The first-order valence-corrected chi connectivity index (χ1v) is 3.77. The summed E-state index contributed by atoms with van der Waals surface area (Å²) in [6, 6.07) is 4.99. The van der Waals surface area contributed by atoms with Gasteiger partial charge in [0.2, 0.25) is 0 Å². The maximum Gasteiger partial charge on any atom is 0.130 e. The highest BCUT2D eigenvalue weighted by molar-refractivity contribution is 5.50. The lowest BCUT2D eigenvalue weighted by atomic mass is 10.1. The summed E-state index contributed by atoms with van der Waals surface area (Å²) in [4.78, 5) is 0. The lowest BCUT2D eigenvalue weighted by molar-refractivity contribution is 0.343. The van der Waals surface area contributed by atoms with Gasteiger partial charge in [0.15, 0.2) is 0 Å². The second kappa shape index (κ2) is 4.02. The minimum Gasteiger partial charge on any atom is -0.392 e. The van der Waals surface area contributed by atoms with E-state index in [-0.39, 0.29) is 12.4 Å². The van der Waals surface area contributed by atoms with E-state index in [2.05, 4.69) is 0 Å². The number of aliphatic hydroxyl groups is 1. The number of aryl methyl sites for hydroxylation is 1. The first kappa shape index (κ1) is 8.94. The fourth-order valence-electron chi connectivity index (χ4n) is 0.947. The number of rotatable bonds is 2. The van der Waals surface area contributed by atoms with Crippen LogP contribution in [-0.2, 0) is 0 Å². The highest BCUT2D eigenvalue weighted by Gasteiger charge is 1.96. The monoisotopic (exact) mass is 166 g/mol. The average Bonchev–Trinajstić information content (AvgIpc) is 2.03. The Kier molecular flexibility index (Phi) is 3.00. The summed E-state index contributed by atoms with van der Waals surface area (Å²) in [6.45, 7) is 1.77. The first-order valence-electron chi connectivity index (χ1n) is 3.77. The van der Waals surface area contributed by atoms with Crippen molar-refractivity contribution in [2.45, 2.75) is 6.92 Å². The summed E-state index contributed by atoms with van der Waals surface area (Å²) in [6.07, 6.45) is 3.07. The van der Waals surface area contributed by atoms with E-state index in [1.165, 1.54) is 12.1 Å². The predicted octanol–water partition coefficient (Wildman–Crippen LogP) is 2.14. The smallest absolute Gasteiger partial charge is 0.130 e. The molecule has 0 amide bonds. The number of benzene rings is 1. The van der Waals surface area contributed by atoms with Crippen LogP contribution in [0.3, 0.4) is 0 Å². The number of hydrogen-bond donors (Lipinski definition) is 1. The van der Waals surface area contributed by atoms with Crippen LogP contribution in [0.5, 0.6) is 0 Å². The second-order valence-electron chi connectivity index (χ2n) is 2.61. The third kappa shape index (κ3) is 2.17. The molecule has 1 aromatic carbocycles. The molecule has 0 aliphatic carbocycles. The minimum atomic E-state index is -0.250. The SMILES string of the molecule is Cc1ccc(/C=C/CO)c(F)c1. The molecule has 1 aromatic rings. The highest BCUT2D eigenvalue weighted by atomic mass is 19.1. The number of hydrogen-bond acceptors (Lipinski definition) is 1. The summed E-state index contributed by atoms with van der Waals surface area (Å²) in [5.74, 6) is -0.250. The largest absolute Gasteiger partial charge is 0.392 e. The van der Waals surface area contributed by atoms with Crippen molar-refractivity contribution in [2.24, 2.45) is 0 Å². The van der Waals surface area contributed by atoms with Crippen LogP contribution in [0.1, 0.15) is 11.1 Å². The van der Waals surface area contributed by atoms with Gasteiger partial charge in [-0.3, -0.25) is 0 Å². The molecule has 0 heterocycles. The van der Waals surface area contributed by atoms with E-state index in [4.69, 9.17) is 5.11 Å². The quantitative estimate of drug-likeness (QED) is 0.713. The van der Waals surface area contributed by atoms with Crippen molar-refractivity contribution in [1.82, 2.24) is 0 Å². The van der Waals surface area contributed by atoms with Crippen LogP contribution >= 0.6 is 0 Å². The molecule has 1 rings (SSSR count). The summed E-state index contributed by atoms with van der Waals surface area (Å²) in [5, 5.41) is 8.46. The van der Waals surface area contributed by atoms with Crippen molar-refractivity contribution in [3.63, 3.8) is 0 Å². The van der Waals surface area contributed by atoms with Crippen molar-refractivity contribution >= 4 is 6.08 Å². The van der Waals surface area contributed by atoms with Crippen LogP contribution in [0.15, 0.2) is 24.3 Å². The highest BCUT2D eigenvalue weighted by Crippen LogP contribution is 2.10. The van der Waals surface area contributed by atoms with Gasteiger partial charge in [0, 0.05) is 5.56 Å². The number of halogens is 1. The molecule has 0 radical (unpaired) electrons. The fourth-order valence-corrected chi connectivity index (χ4v) is 0.947. The maximum atomic E-state index is 13.0. The molecule has 0 saturated carbocycles. The van der Waals surface area contributed by atoms with Gasteiger partial charge in [0.1, 0.15) is 5.82 Å². The summed E-state index contributed by atoms with van der Waals surface area (Å²) in [7, 11) is 0. The lowest BCUT2D eigenvalue weighted by Crippen LogP contribution is -1.83. The third-order valence-corrected chi connectivity index (χ3v) is 1.56. The zero-order valence-electron chi connectivity index (χ0n) is 6.92. The maximum absolute atomic E-state index is 13.0. The molecule has 0 aliphatic heterocycles. The second-order valence-corrected chi connectivity index (χ2v) is 2.61. The van der Waals surface area contributed by atoms with E-state index in [9.17, 15) is 4.39 Å². The van der Waals surface area contributed by atoms with E-state index < -0.39 is 0 Å². The van der Waals surface area contributed by atoms with Crippen LogP contribution in [-0.4, -0.2) is 11.7 Å². The third-order valence-electron chi connectivity index (χ3n) is 1.56. The molecule has 0 bridgehead atoms. The molecule has 0 unspecified atom stereocenters. The Bertz CT molecular complexity index is 292. The van der Waals surface area contributed by atoms with E-state index in [1.807, 2.05) is 13.0 Å². The van der Waals surface area contributed by atoms with Gasteiger partial charge in [-0.1, -0.05) is 24.3 Å². The van der Waals surface area contributed by atoms with Crippen molar-refractivity contribution < 1.29 is 9.50 Å². The molecule has 1 nitrogen and oxygen atoms in total. The zero-order valence-corrected chi connectivity index (χ0v) is 6.92. The molecule has 0 saturated heterocycles. The standard InChI is InChI=1S/C10H11FO/c1-8-4-5-9(3-2-6-12)10(11)7-8/h2-5,7,12H,6H2,1H3/b3-2+. The molecule has 0 fully saturated rings. The van der Waals surface area contributed by atoms with Crippen molar-refractivity contribution in [3.8, 4) is 0 Å². The van der Waals surface area contributed by atoms with Crippen LogP contribution in [0.2, 0.25) is 0 Å². The molecule has 0 aliphatic rings. The Morgan fingerprint density at radius 2 is 2.25 bits per heavy atom. The van der Waals surface area contributed by atoms with Gasteiger partial charge in [-0.2, -0.15) is 0 Å². The van der Waals surface area contributed by atoms with Gasteiger partial charge < -0.3 is 5.11 Å². The Balaban J connectivity index is 2.94. The van der Waals surface area contributed by atoms with Crippen LogP contribution in [0, 0.1) is 12.7 Å². The van der Waals surface area contributed by atoms with Crippen LogP contribution < -0.4 is 0 Å². The Morgan fingerprint density at radius 3 is 2.83 bits per heavy atom. The van der Waals surface area contributed by atoms with E-state index in [1.54, 1.807) is 12.1 Å².